The van der Waals surface area contributed by atoms with Crippen molar-refractivity contribution in [2.24, 2.45) is 5.73 Å². The second kappa shape index (κ2) is 4.23. The summed E-state index contributed by atoms with van der Waals surface area (Å²) in [5.74, 6) is 0.753. The Labute approximate surface area is 110 Å². The van der Waals surface area contributed by atoms with E-state index in [9.17, 15) is 0 Å². The molecule has 0 saturated carbocycles. The fraction of sp³-hybridized carbons (Fsp3) is 0.333. The first-order valence-electron chi connectivity index (χ1n) is 5.24. The smallest absolute Gasteiger partial charge is 0.162 e. The van der Waals surface area contributed by atoms with E-state index in [-0.39, 0.29) is 5.41 Å². The highest BCUT2D eigenvalue weighted by atomic mass is 32.1. The average Bonchev–Trinajstić information content (AvgIpc) is 2.85. The molecule has 0 aromatic carbocycles. The van der Waals surface area contributed by atoms with Gasteiger partial charge in [-0.3, -0.25) is 0 Å². The highest BCUT2D eigenvalue weighted by Crippen LogP contribution is 2.34. The molecule has 2 heterocycles. The first-order valence-corrected chi connectivity index (χ1v) is 6.47. The van der Waals surface area contributed by atoms with Gasteiger partial charge in [0.2, 0.25) is 0 Å². The SMILES string of the molecule is CC(C)(C)c1nc(-c2ccco2)sc1C(N)=S. The second-order valence-electron chi connectivity index (χ2n) is 4.79. The van der Waals surface area contributed by atoms with Gasteiger partial charge in [0.15, 0.2) is 10.8 Å². The van der Waals surface area contributed by atoms with Gasteiger partial charge < -0.3 is 10.2 Å². The number of aromatic nitrogens is 1. The number of thiazole rings is 1. The van der Waals surface area contributed by atoms with Gasteiger partial charge in [-0.15, -0.1) is 11.3 Å². The van der Waals surface area contributed by atoms with Crippen molar-refractivity contribution >= 4 is 28.5 Å². The van der Waals surface area contributed by atoms with Crippen molar-refractivity contribution in [2.75, 3.05) is 0 Å². The van der Waals surface area contributed by atoms with Crippen LogP contribution in [0.3, 0.4) is 0 Å². The topological polar surface area (TPSA) is 52.0 Å². The van der Waals surface area contributed by atoms with E-state index >= 15 is 0 Å². The van der Waals surface area contributed by atoms with Crippen molar-refractivity contribution in [3.63, 3.8) is 0 Å². The molecule has 0 aliphatic carbocycles. The maximum atomic E-state index is 5.75. The van der Waals surface area contributed by atoms with Crippen LogP contribution >= 0.6 is 23.6 Å². The number of rotatable bonds is 2. The second-order valence-corrected chi connectivity index (χ2v) is 6.23. The van der Waals surface area contributed by atoms with Gasteiger partial charge in [-0.2, -0.15) is 0 Å². The molecule has 2 aromatic heterocycles. The van der Waals surface area contributed by atoms with Crippen molar-refractivity contribution in [3.05, 3.63) is 29.0 Å². The van der Waals surface area contributed by atoms with Gasteiger partial charge in [0.1, 0.15) is 4.99 Å². The van der Waals surface area contributed by atoms with Gasteiger partial charge in [-0.05, 0) is 12.1 Å². The fourth-order valence-electron chi connectivity index (χ4n) is 1.50. The zero-order valence-corrected chi connectivity index (χ0v) is 11.6. The first kappa shape index (κ1) is 12.3. The number of thiocarbonyl (C=S) groups is 1. The molecule has 2 aromatic rings. The Morgan fingerprint density at radius 1 is 1.47 bits per heavy atom. The molecule has 0 unspecified atom stereocenters. The fourth-order valence-corrected chi connectivity index (χ4v) is 2.82. The summed E-state index contributed by atoms with van der Waals surface area (Å²) in [4.78, 5) is 5.87. The molecule has 0 radical (unpaired) electrons. The van der Waals surface area contributed by atoms with E-state index in [1.807, 2.05) is 12.1 Å². The molecule has 0 spiro atoms. The van der Waals surface area contributed by atoms with E-state index in [1.54, 1.807) is 6.26 Å². The van der Waals surface area contributed by atoms with Crippen LogP contribution in [0.2, 0.25) is 0 Å². The minimum atomic E-state index is -0.0832. The van der Waals surface area contributed by atoms with Gasteiger partial charge in [0, 0.05) is 5.41 Å². The molecule has 2 rings (SSSR count). The summed E-state index contributed by atoms with van der Waals surface area (Å²) in [6.07, 6.45) is 1.63. The molecular formula is C12H14N2OS2. The predicted molar refractivity (Wildman–Crippen MR) is 74.4 cm³/mol. The van der Waals surface area contributed by atoms with Crippen molar-refractivity contribution in [2.45, 2.75) is 26.2 Å². The van der Waals surface area contributed by atoms with E-state index in [0.29, 0.717) is 4.99 Å². The maximum absolute atomic E-state index is 5.75. The summed E-state index contributed by atoms with van der Waals surface area (Å²) in [5, 5.41) is 0.822. The highest BCUT2D eigenvalue weighted by Gasteiger charge is 2.25. The van der Waals surface area contributed by atoms with Gasteiger partial charge in [0.05, 0.1) is 16.8 Å². The van der Waals surface area contributed by atoms with Crippen LogP contribution in [0.4, 0.5) is 0 Å². The van der Waals surface area contributed by atoms with Crippen LogP contribution in [-0.4, -0.2) is 9.97 Å². The normalized spacial score (nSPS) is 11.7. The number of hydrogen-bond acceptors (Lipinski definition) is 4. The summed E-state index contributed by atoms with van der Waals surface area (Å²) in [7, 11) is 0. The largest absolute Gasteiger partial charge is 0.462 e. The third kappa shape index (κ3) is 2.40. The van der Waals surface area contributed by atoms with Crippen LogP contribution in [0.15, 0.2) is 22.8 Å². The molecule has 0 fully saturated rings. The molecule has 0 atom stereocenters. The van der Waals surface area contributed by atoms with E-state index in [4.69, 9.17) is 22.4 Å². The van der Waals surface area contributed by atoms with Gasteiger partial charge in [0.25, 0.3) is 0 Å². The molecule has 17 heavy (non-hydrogen) atoms. The van der Waals surface area contributed by atoms with E-state index < -0.39 is 0 Å². The molecule has 0 aliphatic heterocycles. The van der Waals surface area contributed by atoms with Crippen LogP contribution in [0.5, 0.6) is 0 Å². The summed E-state index contributed by atoms with van der Waals surface area (Å²) in [6.45, 7) is 6.28. The molecule has 0 aliphatic rings. The Morgan fingerprint density at radius 2 is 2.18 bits per heavy atom. The molecule has 3 nitrogen and oxygen atoms in total. The van der Waals surface area contributed by atoms with Gasteiger partial charge in [-0.25, -0.2) is 4.98 Å². The lowest BCUT2D eigenvalue weighted by Crippen LogP contribution is -2.19. The molecule has 90 valence electrons. The third-order valence-electron chi connectivity index (χ3n) is 2.29. The standard InChI is InChI=1S/C12H14N2OS2/c1-12(2,3)9-8(10(13)16)17-11(14-9)7-5-4-6-15-7/h4-6H,1-3H3,(H2,13,16). The summed E-state index contributed by atoms with van der Waals surface area (Å²) >= 11 is 6.56. The molecule has 0 saturated heterocycles. The monoisotopic (exact) mass is 266 g/mol. The lowest BCUT2D eigenvalue weighted by Gasteiger charge is -2.16. The molecular weight excluding hydrogens is 252 g/mol. The van der Waals surface area contributed by atoms with Gasteiger partial charge in [-0.1, -0.05) is 33.0 Å². The van der Waals surface area contributed by atoms with Crippen molar-refractivity contribution in [1.82, 2.24) is 4.98 Å². The van der Waals surface area contributed by atoms with Crippen LogP contribution in [-0.2, 0) is 5.41 Å². The number of hydrogen-bond donors (Lipinski definition) is 1. The minimum absolute atomic E-state index is 0.0832. The van der Waals surface area contributed by atoms with Crippen molar-refractivity contribution < 1.29 is 4.42 Å². The van der Waals surface area contributed by atoms with Crippen LogP contribution in [0.25, 0.3) is 10.8 Å². The van der Waals surface area contributed by atoms with Crippen LogP contribution in [0, 0.1) is 0 Å². The zero-order valence-electron chi connectivity index (χ0n) is 9.98. The molecule has 2 N–H and O–H groups in total. The first-order chi connectivity index (χ1) is 7.89. The van der Waals surface area contributed by atoms with Crippen LogP contribution < -0.4 is 5.73 Å². The zero-order chi connectivity index (χ0) is 12.6. The molecule has 0 bridgehead atoms. The Bertz CT molecular complexity index is 535. The Kier molecular flexibility index (Phi) is 3.05. The summed E-state index contributed by atoms with van der Waals surface area (Å²) in [6, 6.07) is 3.72. The molecule has 5 heteroatoms. The van der Waals surface area contributed by atoms with E-state index in [2.05, 4.69) is 25.8 Å². The van der Waals surface area contributed by atoms with Crippen LogP contribution in [0.1, 0.15) is 31.3 Å². The number of nitrogens with two attached hydrogens (primary N) is 1. The van der Waals surface area contributed by atoms with Crippen molar-refractivity contribution in [1.29, 1.82) is 0 Å². The Morgan fingerprint density at radius 3 is 2.59 bits per heavy atom. The third-order valence-corrected chi connectivity index (χ3v) is 3.73. The Hall–Kier alpha value is -1.20. The number of nitrogens with zero attached hydrogens (tertiary/aromatic N) is 1. The van der Waals surface area contributed by atoms with E-state index in [0.717, 1.165) is 21.3 Å². The van der Waals surface area contributed by atoms with Gasteiger partial charge >= 0.3 is 0 Å². The maximum Gasteiger partial charge on any atom is 0.162 e. The summed E-state index contributed by atoms with van der Waals surface area (Å²) in [5.41, 5.74) is 6.60. The number of furan rings is 1. The lowest BCUT2D eigenvalue weighted by molar-refractivity contribution is 0.566. The minimum Gasteiger partial charge on any atom is -0.462 e. The van der Waals surface area contributed by atoms with Crippen molar-refractivity contribution in [3.8, 4) is 10.8 Å². The lowest BCUT2D eigenvalue weighted by atomic mass is 9.91. The average molecular weight is 266 g/mol. The summed E-state index contributed by atoms with van der Waals surface area (Å²) < 4.78 is 5.34. The predicted octanol–water partition coefficient (Wildman–Crippen LogP) is 3.33. The molecule has 0 amide bonds. The van der Waals surface area contributed by atoms with E-state index in [1.165, 1.54) is 11.3 Å². The Balaban J connectivity index is 2.56. The highest BCUT2D eigenvalue weighted by molar-refractivity contribution is 7.81. The quantitative estimate of drug-likeness (QED) is 0.847.